The predicted molar refractivity (Wildman–Crippen MR) is 98.0 cm³/mol. The lowest BCUT2D eigenvalue weighted by atomic mass is 9.75. The minimum atomic E-state index is -1.04. The molecule has 1 aliphatic carbocycles. The van der Waals surface area contributed by atoms with Crippen molar-refractivity contribution in [2.75, 3.05) is 0 Å². The number of hydrogen-bond donors (Lipinski definition) is 0. The highest BCUT2D eigenvalue weighted by Crippen LogP contribution is 2.33. The monoisotopic (exact) mass is 350 g/mol. The summed E-state index contributed by atoms with van der Waals surface area (Å²) in [6, 6.07) is 17.4. The number of Topliss-reactive ketones (excluding diaryl/α,β-unsaturated/α-hetero) is 3. The van der Waals surface area contributed by atoms with E-state index in [9.17, 15) is 14.4 Å². The summed E-state index contributed by atoms with van der Waals surface area (Å²) in [5.74, 6) is -1.21. The van der Waals surface area contributed by atoms with Gasteiger partial charge in [0.25, 0.3) is 0 Å². The molecule has 26 heavy (non-hydrogen) atoms. The molecule has 2 aromatic rings. The zero-order valence-electron chi connectivity index (χ0n) is 14.8. The molecule has 0 heterocycles. The van der Waals surface area contributed by atoms with Crippen LogP contribution in [-0.4, -0.2) is 17.3 Å². The van der Waals surface area contributed by atoms with Gasteiger partial charge in [0.2, 0.25) is 0 Å². The number of ketones is 3. The average Bonchev–Trinajstić information content (AvgIpc) is 2.67. The van der Waals surface area contributed by atoms with Gasteiger partial charge in [-0.25, -0.2) is 0 Å². The summed E-state index contributed by atoms with van der Waals surface area (Å²) in [5, 5.41) is 0. The molecule has 0 saturated heterocycles. The van der Waals surface area contributed by atoms with Crippen molar-refractivity contribution in [3.05, 3.63) is 65.7 Å². The first-order valence-corrected chi connectivity index (χ1v) is 8.93. The normalized spacial score (nSPS) is 20.0. The van der Waals surface area contributed by atoms with E-state index in [0.29, 0.717) is 6.61 Å². The molecular formula is C22H22O4. The number of carbonyl (C=O) groups excluding carboxylic acids is 3. The maximum Gasteiger partial charge on any atom is 0.151 e. The number of ether oxygens (including phenoxy) is 1. The molecule has 0 aromatic heterocycles. The molecule has 0 amide bonds. The molecule has 3 rings (SSSR count). The molecule has 0 spiro atoms. The lowest BCUT2D eigenvalue weighted by molar-refractivity contribution is -0.142. The van der Waals surface area contributed by atoms with Crippen LogP contribution in [0.2, 0.25) is 0 Å². The van der Waals surface area contributed by atoms with Gasteiger partial charge in [0, 0.05) is 19.3 Å². The van der Waals surface area contributed by atoms with E-state index in [4.69, 9.17) is 4.74 Å². The van der Waals surface area contributed by atoms with Crippen molar-refractivity contribution in [3.8, 4) is 5.75 Å². The second-order valence-electron chi connectivity index (χ2n) is 6.63. The Morgan fingerprint density at radius 3 is 2.15 bits per heavy atom. The van der Waals surface area contributed by atoms with Crippen LogP contribution in [0.15, 0.2) is 54.6 Å². The highest BCUT2D eigenvalue weighted by Gasteiger charge is 2.39. The summed E-state index contributed by atoms with van der Waals surface area (Å²) < 4.78 is 5.76. The standard InChI is InChI=1S/C22H22O4/c1-2-19(23)22-20(24)12-17(13-21(22)25)16-8-10-18(11-9-16)26-14-15-6-4-3-5-7-15/h3-11,17,22H,2,12-14H2,1H3. The zero-order chi connectivity index (χ0) is 18.5. The minimum absolute atomic E-state index is 0.154. The first-order chi connectivity index (χ1) is 12.6. The topological polar surface area (TPSA) is 60.4 Å². The molecule has 4 heteroatoms. The van der Waals surface area contributed by atoms with Crippen LogP contribution in [0.25, 0.3) is 0 Å². The van der Waals surface area contributed by atoms with Gasteiger partial charge in [0.05, 0.1) is 0 Å². The first kappa shape index (κ1) is 18.1. The van der Waals surface area contributed by atoms with Crippen LogP contribution in [-0.2, 0) is 21.0 Å². The summed E-state index contributed by atoms with van der Waals surface area (Å²) in [6.07, 6.45) is 0.707. The second-order valence-corrected chi connectivity index (χ2v) is 6.63. The molecule has 4 nitrogen and oxygen atoms in total. The lowest BCUT2D eigenvalue weighted by Gasteiger charge is -2.25. The Labute approximate surface area is 153 Å². The molecule has 0 aliphatic heterocycles. The molecule has 2 aromatic carbocycles. The largest absolute Gasteiger partial charge is 0.489 e. The Morgan fingerprint density at radius 2 is 1.58 bits per heavy atom. The van der Waals surface area contributed by atoms with E-state index >= 15 is 0 Å². The third kappa shape index (κ3) is 4.07. The van der Waals surface area contributed by atoms with Gasteiger partial charge in [-0.3, -0.25) is 14.4 Å². The van der Waals surface area contributed by atoms with Crippen LogP contribution in [0.4, 0.5) is 0 Å². The molecule has 134 valence electrons. The van der Waals surface area contributed by atoms with Crippen LogP contribution < -0.4 is 4.74 Å². The molecular weight excluding hydrogens is 328 g/mol. The van der Waals surface area contributed by atoms with Crippen molar-refractivity contribution in [2.45, 2.75) is 38.7 Å². The van der Waals surface area contributed by atoms with Gasteiger partial charge < -0.3 is 4.74 Å². The molecule has 0 atom stereocenters. The minimum Gasteiger partial charge on any atom is -0.489 e. The van der Waals surface area contributed by atoms with Crippen LogP contribution in [0.5, 0.6) is 5.75 Å². The van der Waals surface area contributed by atoms with Gasteiger partial charge in [0.15, 0.2) is 17.3 Å². The summed E-state index contributed by atoms with van der Waals surface area (Å²) in [6.45, 7) is 2.17. The zero-order valence-corrected chi connectivity index (χ0v) is 14.8. The molecule has 0 bridgehead atoms. The number of benzene rings is 2. The van der Waals surface area contributed by atoms with Crippen LogP contribution in [0.3, 0.4) is 0 Å². The number of carbonyl (C=O) groups is 3. The Morgan fingerprint density at radius 1 is 0.962 bits per heavy atom. The van der Waals surface area contributed by atoms with Crippen LogP contribution >= 0.6 is 0 Å². The van der Waals surface area contributed by atoms with Crippen LogP contribution in [0, 0.1) is 5.92 Å². The fourth-order valence-corrected chi connectivity index (χ4v) is 3.35. The van der Waals surface area contributed by atoms with E-state index in [1.54, 1.807) is 6.92 Å². The van der Waals surface area contributed by atoms with Gasteiger partial charge in [-0.05, 0) is 29.2 Å². The van der Waals surface area contributed by atoms with E-state index in [1.807, 2.05) is 54.6 Å². The van der Waals surface area contributed by atoms with E-state index in [1.165, 1.54) is 0 Å². The van der Waals surface area contributed by atoms with Crippen molar-refractivity contribution in [2.24, 2.45) is 5.92 Å². The first-order valence-electron chi connectivity index (χ1n) is 8.93. The van der Waals surface area contributed by atoms with E-state index in [0.717, 1.165) is 16.9 Å². The van der Waals surface area contributed by atoms with Crippen molar-refractivity contribution >= 4 is 17.3 Å². The number of hydrogen-bond acceptors (Lipinski definition) is 4. The molecule has 1 saturated carbocycles. The summed E-state index contributed by atoms with van der Waals surface area (Å²) in [7, 11) is 0. The molecule has 0 unspecified atom stereocenters. The third-order valence-electron chi connectivity index (χ3n) is 4.81. The van der Waals surface area contributed by atoms with Crippen molar-refractivity contribution in [3.63, 3.8) is 0 Å². The molecule has 1 fully saturated rings. The predicted octanol–water partition coefficient (Wildman–Crippen LogP) is 3.88. The highest BCUT2D eigenvalue weighted by atomic mass is 16.5. The average molecular weight is 350 g/mol. The Hall–Kier alpha value is -2.75. The highest BCUT2D eigenvalue weighted by molar-refractivity contribution is 6.20. The Bertz CT molecular complexity index is 775. The van der Waals surface area contributed by atoms with Gasteiger partial charge in [-0.2, -0.15) is 0 Å². The van der Waals surface area contributed by atoms with Gasteiger partial charge in [-0.1, -0.05) is 49.4 Å². The lowest BCUT2D eigenvalue weighted by Crippen LogP contribution is -2.37. The fourth-order valence-electron chi connectivity index (χ4n) is 3.35. The van der Waals surface area contributed by atoms with E-state index in [2.05, 4.69) is 0 Å². The van der Waals surface area contributed by atoms with Gasteiger partial charge >= 0.3 is 0 Å². The second kappa shape index (κ2) is 8.09. The van der Waals surface area contributed by atoms with Crippen LogP contribution in [0.1, 0.15) is 43.2 Å². The van der Waals surface area contributed by atoms with Crippen molar-refractivity contribution in [1.82, 2.24) is 0 Å². The van der Waals surface area contributed by atoms with Crippen molar-refractivity contribution in [1.29, 1.82) is 0 Å². The smallest absolute Gasteiger partial charge is 0.151 e. The maximum atomic E-state index is 12.2. The van der Waals surface area contributed by atoms with E-state index < -0.39 is 5.92 Å². The third-order valence-corrected chi connectivity index (χ3v) is 4.81. The number of rotatable bonds is 6. The Balaban J connectivity index is 1.63. The Kier molecular flexibility index (Phi) is 5.61. The quantitative estimate of drug-likeness (QED) is 0.742. The summed E-state index contributed by atoms with van der Waals surface area (Å²) in [5.41, 5.74) is 2.02. The SMILES string of the molecule is CCC(=O)C1C(=O)CC(c2ccc(OCc3ccccc3)cc2)CC1=O. The molecule has 1 aliphatic rings. The van der Waals surface area contributed by atoms with Gasteiger partial charge in [0.1, 0.15) is 18.3 Å². The maximum absolute atomic E-state index is 12.2. The van der Waals surface area contributed by atoms with Crippen molar-refractivity contribution < 1.29 is 19.1 Å². The van der Waals surface area contributed by atoms with Gasteiger partial charge in [-0.15, -0.1) is 0 Å². The fraction of sp³-hybridized carbons (Fsp3) is 0.318. The summed E-state index contributed by atoms with van der Waals surface area (Å²) >= 11 is 0. The molecule has 0 radical (unpaired) electrons. The molecule has 0 N–H and O–H groups in total. The van der Waals surface area contributed by atoms with E-state index in [-0.39, 0.29) is 42.5 Å². The summed E-state index contributed by atoms with van der Waals surface area (Å²) in [4.78, 5) is 36.3.